The second kappa shape index (κ2) is 6.31. The first-order chi connectivity index (χ1) is 9.13. The molecule has 0 aliphatic rings. The standard InChI is InChI=1S/C16H19BrN2/c1-4-18-16(13-9-8-11(2)19-10-13)14-6-5-7-15(17)12(14)3/h5-10,16,18H,4H2,1-3H3. The second-order valence-electron chi connectivity index (χ2n) is 4.68. The predicted octanol–water partition coefficient (Wildman–Crippen LogP) is 4.16. The summed E-state index contributed by atoms with van der Waals surface area (Å²) in [7, 11) is 0. The Morgan fingerprint density at radius 3 is 2.63 bits per heavy atom. The maximum atomic E-state index is 4.41. The molecule has 1 aromatic carbocycles. The van der Waals surface area contributed by atoms with Crippen molar-refractivity contribution in [1.29, 1.82) is 0 Å². The highest BCUT2D eigenvalue weighted by molar-refractivity contribution is 9.10. The lowest BCUT2D eigenvalue weighted by Gasteiger charge is -2.21. The molecular formula is C16H19BrN2. The zero-order chi connectivity index (χ0) is 13.8. The zero-order valence-electron chi connectivity index (χ0n) is 11.6. The first-order valence-electron chi connectivity index (χ1n) is 6.54. The van der Waals surface area contributed by atoms with Crippen LogP contribution >= 0.6 is 15.9 Å². The van der Waals surface area contributed by atoms with Crippen molar-refractivity contribution >= 4 is 15.9 Å². The summed E-state index contributed by atoms with van der Waals surface area (Å²) in [4.78, 5) is 4.41. The summed E-state index contributed by atoms with van der Waals surface area (Å²) in [6.45, 7) is 7.20. The minimum Gasteiger partial charge on any atom is -0.306 e. The van der Waals surface area contributed by atoms with Gasteiger partial charge in [-0.1, -0.05) is 41.1 Å². The van der Waals surface area contributed by atoms with Gasteiger partial charge in [0.05, 0.1) is 6.04 Å². The highest BCUT2D eigenvalue weighted by atomic mass is 79.9. The molecule has 1 aromatic heterocycles. The van der Waals surface area contributed by atoms with E-state index in [1.165, 1.54) is 16.7 Å². The van der Waals surface area contributed by atoms with Crippen LogP contribution in [-0.4, -0.2) is 11.5 Å². The maximum Gasteiger partial charge on any atom is 0.0594 e. The van der Waals surface area contributed by atoms with Crippen LogP contribution in [0.25, 0.3) is 0 Å². The number of benzene rings is 1. The Morgan fingerprint density at radius 1 is 1.21 bits per heavy atom. The molecule has 1 atom stereocenters. The fourth-order valence-corrected chi connectivity index (χ4v) is 2.58. The van der Waals surface area contributed by atoms with Crippen molar-refractivity contribution in [1.82, 2.24) is 10.3 Å². The third-order valence-corrected chi connectivity index (χ3v) is 4.16. The van der Waals surface area contributed by atoms with Crippen molar-refractivity contribution < 1.29 is 0 Å². The third-order valence-electron chi connectivity index (χ3n) is 3.30. The number of hydrogen-bond acceptors (Lipinski definition) is 2. The fourth-order valence-electron chi connectivity index (χ4n) is 2.20. The molecule has 19 heavy (non-hydrogen) atoms. The zero-order valence-corrected chi connectivity index (χ0v) is 13.2. The molecule has 0 amide bonds. The summed E-state index contributed by atoms with van der Waals surface area (Å²) in [5.74, 6) is 0. The minimum absolute atomic E-state index is 0.190. The van der Waals surface area contributed by atoms with Gasteiger partial charge in [0.25, 0.3) is 0 Å². The average molecular weight is 319 g/mol. The molecule has 1 heterocycles. The van der Waals surface area contributed by atoms with E-state index in [1.54, 1.807) is 0 Å². The Hall–Kier alpha value is -1.19. The van der Waals surface area contributed by atoms with Crippen molar-refractivity contribution in [3.63, 3.8) is 0 Å². The van der Waals surface area contributed by atoms with Crippen molar-refractivity contribution in [2.45, 2.75) is 26.8 Å². The Morgan fingerprint density at radius 2 is 2.00 bits per heavy atom. The first-order valence-corrected chi connectivity index (χ1v) is 7.33. The van der Waals surface area contributed by atoms with Gasteiger partial charge >= 0.3 is 0 Å². The lowest BCUT2D eigenvalue weighted by molar-refractivity contribution is 0.625. The van der Waals surface area contributed by atoms with Gasteiger partial charge in [0.2, 0.25) is 0 Å². The van der Waals surface area contributed by atoms with E-state index >= 15 is 0 Å². The van der Waals surface area contributed by atoms with Crippen LogP contribution in [0.4, 0.5) is 0 Å². The molecule has 0 fully saturated rings. The quantitative estimate of drug-likeness (QED) is 0.915. The molecule has 2 aromatic rings. The largest absolute Gasteiger partial charge is 0.306 e. The SMILES string of the molecule is CCNC(c1ccc(C)nc1)c1cccc(Br)c1C. The van der Waals surface area contributed by atoms with E-state index in [0.29, 0.717) is 0 Å². The molecule has 1 unspecified atom stereocenters. The summed E-state index contributed by atoms with van der Waals surface area (Å²) in [6.07, 6.45) is 1.96. The molecule has 0 spiro atoms. The first kappa shape index (κ1) is 14.2. The van der Waals surface area contributed by atoms with Crippen molar-refractivity contribution in [3.8, 4) is 0 Å². The summed E-state index contributed by atoms with van der Waals surface area (Å²) in [5, 5.41) is 3.54. The van der Waals surface area contributed by atoms with E-state index in [-0.39, 0.29) is 6.04 Å². The van der Waals surface area contributed by atoms with Crippen LogP contribution in [0.1, 0.15) is 35.3 Å². The maximum absolute atomic E-state index is 4.41. The highest BCUT2D eigenvalue weighted by Gasteiger charge is 2.16. The number of rotatable bonds is 4. The van der Waals surface area contributed by atoms with Crippen LogP contribution in [0, 0.1) is 13.8 Å². The second-order valence-corrected chi connectivity index (χ2v) is 5.53. The number of aryl methyl sites for hydroxylation is 1. The van der Waals surface area contributed by atoms with Gasteiger partial charge in [-0.15, -0.1) is 0 Å². The van der Waals surface area contributed by atoms with E-state index in [1.807, 2.05) is 13.1 Å². The number of hydrogen-bond donors (Lipinski definition) is 1. The normalized spacial score (nSPS) is 12.4. The fraction of sp³-hybridized carbons (Fsp3) is 0.312. The molecule has 0 saturated heterocycles. The molecule has 2 nitrogen and oxygen atoms in total. The highest BCUT2D eigenvalue weighted by Crippen LogP contribution is 2.28. The van der Waals surface area contributed by atoms with Crippen LogP contribution in [0.5, 0.6) is 0 Å². The van der Waals surface area contributed by atoms with Gasteiger partial charge < -0.3 is 5.32 Å². The van der Waals surface area contributed by atoms with Crippen molar-refractivity contribution in [2.24, 2.45) is 0 Å². The molecule has 0 saturated carbocycles. The topological polar surface area (TPSA) is 24.9 Å². The van der Waals surface area contributed by atoms with E-state index in [4.69, 9.17) is 0 Å². The minimum atomic E-state index is 0.190. The molecule has 1 N–H and O–H groups in total. The monoisotopic (exact) mass is 318 g/mol. The van der Waals surface area contributed by atoms with Crippen LogP contribution in [-0.2, 0) is 0 Å². The molecule has 0 bridgehead atoms. The van der Waals surface area contributed by atoms with E-state index in [9.17, 15) is 0 Å². The Kier molecular flexibility index (Phi) is 4.72. The van der Waals surface area contributed by atoms with Gasteiger partial charge in [-0.3, -0.25) is 4.98 Å². The number of halogens is 1. The van der Waals surface area contributed by atoms with Gasteiger partial charge in [-0.05, 0) is 49.2 Å². The van der Waals surface area contributed by atoms with Gasteiger partial charge in [0, 0.05) is 16.4 Å². The van der Waals surface area contributed by atoms with Gasteiger partial charge in [0.1, 0.15) is 0 Å². The van der Waals surface area contributed by atoms with Gasteiger partial charge in [-0.25, -0.2) is 0 Å². The van der Waals surface area contributed by atoms with Gasteiger partial charge in [0.15, 0.2) is 0 Å². The number of pyridine rings is 1. The smallest absolute Gasteiger partial charge is 0.0594 e. The van der Waals surface area contributed by atoms with Crippen LogP contribution < -0.4 is 5.32 Å². The summed E-state index contributed by atoms with van der Waals surface area (Å²) < 4.78 is 1.15. The summed E-state index contributed by atoms with van der Waals surface area (Å²) in [5.41, 5.74) is 4.81. The lowest BCUT2D eigenvalue weighted by Crippen LogP contribution is -2.23. The van der Waals surface area contributed by atoms with Gasteiger partial charge in [-0.2, -0.15) is 0 Å². The Bertz CT molecular complexity index is 549. The molecule has 0 radical (unpaired) electrons. The van der Waals surface area contributed by atoms with E-state index in [2.05, 4.69) is 70.4 Å². The van der Waals surface area contributed by atoms with Crippen LogP contribution in [0.15, 0.2) is 41.0 Å². The summed E-state index contributed by atoms with van der Waals surface area (Å²) in [6, 6.07) is 10.7. The molecular weight excluding hydrogens is 300 g/mol. The van der Waals surface area contributed by atoms with E-state index in [0.717, 1.165) is 16.7 Å². The van der Waals surface area contributed by atoms with Crippen molar-refractivity contribution in [2.75, 3.05) is 6.54 Å². The predicted molar refractivity (Wildman–Crippen MR) is 83.4 cm³/mol. The van der Waals surface area contributed by atoms with Crippen LogP contribution in [0.2, 0.25) is 0 Å². The Balaban J connectivity index is 2.45. The lowest BCUT2D eigenvalue weighted by atomic mass is 9.96. The third kappa shape index (κ3) is 3.23. The molecule has 2 rings (SSSR count). The number of aromatic nitrogens is 1. The summed E-state index contributed by atoms with van der Waals surface area (Å²) >= 11 is 3.61. The molecule has 0 aliphatic heterocycles. The number of nitrogens with one attached hydrogen (secondary N) is 1. The molecule has 0 aliphatic carbocycles. The average Bonchev–Trinajstić information content (AvgIpc) is 2.41. The Labute approximate surface area is 123 Å². The molecule has 100 valence electrons. The molecule has 3 heteroatoms. The van der Waals surface area contributed by atoms with Crippen molar-refractivity contribution in [3.05, 3.63) is 63.4 Å². The van der Waals surface area contributed by atoms with Crippen LogP contribution in [0.3, 0.4) is 0 Å². The number of nitrogens with zero attached hydrogens (tertiary/aromatic N) is 1. The van der Waals surface area contributed by atoms with E-state index < -0.39 is 0 Å².